The minimum Gasteiger partial charge on any atom is -0.381 e. The van der Waals surface area contributed by atoms with Gasteiger partial charge in [-0.05, 0) is 19.3 Å². The molecule has 2 aliphatic carbocycles. The van der Waals surface area contributed by atoms with E-state index in [1.54, 1.807) is 0 Å². The van der Waals surface area contributed by atoms with Crippen LogP contribution in [0, 0.1) is 5.41 Å². The number of ether oxygens (including phenoxy) is 1. The van der Waals surface area contributed by atoms with Gasteiger partial charge in [0, 0.05) is 32.2 Å². The molecular formula is C12H20N4O. The summed E-state index contributed by atoms with van der Waals surface area (Å²) in [5.41, 5.74) is 1.57. The van der Waals surface area contributed by atoms with Crippen LogP contribution >= 0.6 is 0 Å². The molecule has 1 heterocycles. The fourth-order valence-corrected chi connectivity index (χ4v) is 3.32. The van der Waals surface area contributed by atoms with Crippen molar-refractivity contribution in [3.63, 3.8) is 0 Å². The second kappa shape index (κ2) is 4.07. The zero-order valence-electron chi connectivity index (χ0n) is 10.5. The lowest BCUT2D eigenvalue weighted by Crippen LogP contribution is -2.66. The number of hydrogen-bond acceptors (Lipinski definition) is 4. The van der Waals surface area contributed by atoms with E-state index in [9.17, 15) is 0 Å². The SMILES string of the molecule is CO[C@@H]1C[C@@H](NCc2cnnn2C)C12CCC2. The summed E-state index contributed by atoms with van der Waals surface area (Å²) in [5.74, 6) is 0. The highest BCUT2D eigenvalue weighted by Crippen LogP contribution is 2.57. The third-order valence-electron chi connectivity index (χ3n) is 4.69. The minimum absolute atomic E-state index is 0.431. The van der Waals surface area contributed by atoms with Crippen LogP contribution in [-0.2, 0) is 18.3 Å². The van der Waals surface area contributed by atoms with Gasteiger partial charge in [0.15, 0.2) is 0 Å². The Balaban J connectivity index is 1.59. The molecule has 5 nitrogen and oxygen atoms in total. The summed E-state index contributed by atoms with van der Waals surface area (Å²) in [5, 5.41) is 11.5. The maximum atomic E-state index is 5.57. The Bertz CT molecular complexity index is 399. The van der Waals surface area contributed by atoms with Gasteiger partial charge in [-0.2, -0.15) is 0 Å². The molecule has 5 heteroatoms. The summed E-state index contributed by atoms with van der Waals surface area (Å²) in [7, 11) is 3.77. The molecule has 0 saturated heterocycles. The van der Waals surface area contributed by atoms with Crippen molar-refractivity contribution in [3.05, 3.63) is 11.9 Å². The van der Waals surface area contributed by atoms with Crippen LogP contribution < -0.4 is 5.32 Å². The van der Waals surface area contributed by atoms with Crippen LogP contribution in [0.4, 0.5) is 0 Å². The molecule has 0 unspecified atom stereocenters. The molecule has 0 amide bonds. The Morgan fingerprint density at radius 2 is 2.41 bits per heavy atom. The number of rotatable bonds is 4. The van der Waals surface area contributed by atoms with Crippen molar-refractivity contribution in [1.29, 1.82) is 0 Å². The first-order chi connectivity index (χ1) is 8.26. The molecular weight excluding hydrogens is 216 g/mol. The van der Waals surface area contributed by atoms with Crippen molar-refractivity contribution in [2.24, 2.45) is 12.5 Å². The molecule has 0 aliphatic heterocycles. The van der Waals surface area contributed by atoms with Crippen molar-refractivity contribution in [2.45, 2.75) is 44.4 Å². The zero-order chi connectivity index (χ0) is 11.9. The standard InChI is InChI=1S/C12H20N4O/c1-16-9(8-14-15-16)7-13-10-6-11(17-2)12(10)4-3-5-12/h8,10-11,13H,3-7H2,1-2H3/t10-,11-/m1/s1. The summed E-state index contributed by atoms with van der Waals surface area (Å²) in [4.78, 5) is 0. The molecule has 0 bridgehead atoms. The Kier molecular flexibility index (Phi) is 2.67. The molecule has 94 valence electrons. The van der Waals surface area contributed by atoms with Crippen LogP contribution in [-0.4, -0.2) is 34.2 Å². The van der Waals surface area contributed by atoms with Crippen LogP contribution in [0.15, 0.2) is 6.20 Å². The summed E-state index contributed by atoms with van der Waals surface area (Å²) in [6, 6.07) is 0.608. The smallest absolute Gasteiger partial charge is 0.0738 e. The largest absolute Gasteiger partial charge is 0.381 e. The van der Waals surface area contributed by atoms with Gasteiger partial charge in [-0.25, -0.2) is 0 Å². The summed E-state index contributed by atoms with van der Waals surface area (Å²) >= 11 is 0. The van der Waals surface area contributed by atoms with Crippen molar-refractivity contribution in [2.75, 3.05) is 7.11 Å². The Morgan fingerprint density at radius 3 is 2.94 bits per heavy atom. The molecule has 1 N–H and O–H groups in total. The average Bonchev–Trinajstić information content (AvgIpc) is 2.61. The molecule has 3 rings (SSSR count). The lowest BCUT2D eigenvalue weighted by Gasteiger charge is -2.61. The number of hydrogen-bond donors (Lipinski definition) is 1. The van der Waals surface area contributed by atoms with Gasteiger partial charge in [0.2, 0.25) is 0 Å². The van der Waals surface area contributed by atoms with E-state index in [0.29, 0.717) is 17.6 Å². The van der Waals surface area contributed by atoms with Crippen LogP contribution in [0.3, 0.4) is 0 Å². The van der Waals surface area contributed by atoms with E-state index in [2.05, 4.69) is 15.6 Å². The van der Waals surface area contributed by atoms with Gasteiger partial charge >= 0.3 is 0 Å². The quantitative estimate of drug-likeness (QED) is 0.842. The van der Waals surface area contributed by atoms with Crippen LogP contribution in [0.1, 0.15) is 31.4 Å². The Labute approximate surface area is 102 Å². The first-order valence-electron chi connectivity index (χ1n) is 6.36. The molecule has 2 atom stereocenters. The monoisotopic (exact) mass is 236 g/mol. The first kappa shape index (κ1) is 11.2. The summed E-state index contributed by atoms with van der Waals surface area (Å²) < 4.78 is 7.39. The van der Waals surface area contributed by atoms with Gasteiger partial charge in [0.05, 0.1) is 18.0 Å². The van der Waals surface area contributed by atoms with Crippen LogP contribution in [0.25, 0.3) is 0 Å². The third-order valence-corrected chi connectivity index (χ3v) is 4.69. The Hall–Kier alpha value is -0.940. The minimum atomic E-state index is 0.431. The third kappa shape index (κ3) is 1.60. The van der Waals surface area contributed by atoms with Crippen molar-refractivity contribution in [3.8, 4) is 0 Å². The average molecular weight is 236 g/mol. The van der Waals surface area contributed by atoms with Crippen molar-refractivity contribution >= 4 is 0 Å². The molecule has 2 saturated carbocycles. The number of nitrogens with zero attached hydrogens (tertiary/aromatic N) is 3. The lowest BCUT2D eigenvalue weighted by molar-refractivity contribution is -0.162. The number of aromatic nitrogens is 3. The van der Waals surface area contributed by atoms with E-state index in [-0.39, 0.29) is 0 Å². The number of nitrogens with one attached hydrogen (secondary N) is 1. The van der Waals surface area contributed by atoms with E-state index in [0.717, 1.165) is 18.7 Å². The topological polar surface area (TPSA) is 52.0 Å². The molecule has 1 aromatic heterocycles. The summed E-state index contributed by atoms with van der Waals surface area (Å²) in [6.07, 6.45) is 7.41. The highest BCUT2D eigenvalue weighted by molar-refractivity contribution is 5.12. The van der Waals surface area contributed by atoms with Crippen LogP contribution in [0.2, 0.25) is 0 Å². The van der Waals surface area contributed by atoms with Gasteiger partial charge in [-0.3, -0.25) is 4.68 Å². The maximum absolute atomic E-state index is 5.57. The fraction of sp³-hybridized carbons (Fsp3) is 0.833. The van der Waals surface area contributed by atoms with Gasteiger partial charge in [-0.15, -0.1) is 5.10 Å². The molecule has 0 radical (unpaired) electrons. The predicted octanol–water partition coefficient (Wildman–Crippen LogP) is 0.862. The second-order valence-electron chi connectivity index (χ2n) is 5.33. The molecule has 2 aliphatic rings. The molecule has 1 aromatic rings. The molecule has 0 aromatic carbocycles. The second-order valence-corrected chi connectivity index (χ2v) is 5.33. The number of methoxy groups -OCH3 is 1. The van der Waals surface area contributed by atoms with Gasteiger partial charge < -0.3 is 10.1 Å². The van der Waals surface area contributed by atoms with Crippen molar-refractivity contribution in [1.82, 2.24) is 20.3 Å². The first-order valence-corrected chi connectivity index (χ1v) is 6.36. The van der Waals surface area contributed by atoms with Gasteiger partial charge in [-0.1, -0.05) is 11.6 Å². The predicted molar refractivity (Wildman–Crippen MR) is 63.3 cm³/mol. The lowest BCUT2D eigenvalue weighted by atomic mass is 9.51. The van der Waals surface area contributed by atoms with Gasteiger partial charge in [0.1, 0.15) is 0 Å². The molecule has 1 spiro atoms. The highest BCUT2D eigenvalue weighted by Gasteiger charge is 2.58. The van der Waals surface area contributed by atoms with E-state index in [1.807, 2.05) is 25.0 Å². The van der Waals surface area contributed by atoms with Gasteiger partial charge in [0.25, 0.3) is 0 Å². The molecule has 2 fully saturated rings. The van der Waals surface area contributed by atoms with E-state index >= 15 is 0 Å². The van der Waals surface area contributed by atoms with E-state index in [4.69, 9.17) is 4.74 Å². The molecule has 17 heavy (non-hydrogen) atoms. The number of aryl methyl sites for hydroxylation is 1. The van der Waals surface area contributed by atoms with E-state index in [1.165, 1.54) is 19.3 Å². The van der Waals surface area contributed by atoms with Crippen LogP contribution in [0.5, 0.6) is 0 Å². The summed E-state index contributed by atoms with van der Waals surface area (Å²) in [6.45, 7) is 0.854. The fourth-order valence-electron chi connectivity index (χ4n) is 3.32. The van der Waals surface area contributed by atoms with E-state index < -0.39 is 0 Å². The zero-order valence-corrected chi connectivity index (χ0v) is 10.5. The normalized spacial score (nSPS) is 30.0. The van der Waals surface area contributed by atoms with Crippen molar-refractivity contribution < 1.29 is 4.74 Å². The maximum Gasteiger partial charge on any atom is 0.0738 e. The highest BCUT2D eigenvalue weighted by atomic mass is 16.5. The Morgan fingerprint density at radius 1 is 1.59 bits per heavy atom.